The molecule has 1 atom stereocenters. The van der Waals surface area contributed by atoms with Gasteiger partial charge in [-0.3, -0.25) is 4.90 Å². The molecule has 0 spiro atoms. The molecule has 0 fully saturated rings. The van der Waals surface area contributed by atoms with Crippen LogP contribution in [0.3, 0.4) is 0 Å². The van der Waals surface area contributed by atoms with Gasteiger partial charge >= 0.3 is 0 Å². The van der Waals surface area contributed by atoms with Gasteiger partial charge in [-0.25, -0.2) is 15.0 Å². The molecule has 1 unspecified atom stereocenters. The fourth-order valence-electron chi connectivity index (χ4n) is 2.91. The molecule has 0 aromatic carbocycles. The van der Waals surface area contributed by atoms with Crippen LogP contribution in [0, 0.1) is 0 Å². The Hall–Kier alpha value is -1.85. The largest absolute Gasteiger partial charge is 0.382 e. The summed E-state index contributed by atoms with van der Waals surface area (Å²) in [4.78, 5) is 15.0. The molecule has 2 aromatic rings. The van der Waals surface area contributed by atoms with Crippen LogP contribution in [0.4, 0.5) is 5.82 Å². The van der Waals surface area contributed by atoms with Gasteiger partial charge in [-0.1, -0.05) is 0 Å². The number of aliphatic hydroxyl groups is 2. The summed E-state index contributed by atoms with van der Waals surface area (Å²) in [5, 5.41) is 16.2. The molecule has 2 heterocycles. The van der Waals surface area contributed by atoms with Crippen molar-refractivity contribution in [2.45, 2.75) is 71.4 Å². The fourth-order valence-corrected chi connectivity index (χ4v) is 2.91. The molecule has 10 heteroatoms. The lowest BCUT2D eigenvalue weighted by atomic mass is 10.2. The Morgan fingerprint density at radius 2 is 1.87 bits per heavy atom. The van der Waals surface area contributed by atoms with Gasteiger partial charge in [0.15, 0.2) is 17.3 Å². The molecule has 0 aliphatic heterocycles. The quantitative estimate of drug-likeness (QED) is 0.305. The third-order valence-corrected chi connectivity index (χ3v) is 4.52. The molecule has 0 aliphatic rings. The highest BCUT2D eigenvalue weighted by atomic mass is 16.5. The maximum atomic E-state index is 8.08. The summed E-state index contributed by atoms with van der Waals surface area (Å²) >= 11 is 0. The average molecular weight is 426 g/mol. The van der Waals surface area contributed by atoms with E-state index < -0.39 is 5.79 Å². The summed E-state index contributed by atoms with van der Waals surface area (Å²) in [5.41, 5.74) is 12.9. The molecule has 0 amide bonds. The first-order valence-electron chi connectivity index (χ1n) is 10.4. The molecule has 2 rings (SSSR count). The number of hydrogen-bond donors (Lipinski definition) is 4. The minimum absolute atomic E-state index is 0.150. The smallest absolute Gasteiger partial charge is 0.165 e. The Labute approximate surface area is 179 Å². The summed E-state index contributed by atoms with van der Waals surface area (Å²) in [6, 6.07) is 0.483. The lowest BCUT2D eigenvalue weighted by Gasteiger charge is -2.30. The molecule has 172 valence electrons. The van der Waals surface area contributed by atoms with Crippen molar-refractivity contribution in [1.29, 1.82) is 0 Å². The number of rotatable bonds is 11. The molecule has 0 saturated heterocycles. The van der Waals surface area contributed by atoms with Crippen LogP contribution in [-0.4, -0.2) is 79.3 Å². The van der Waals surface area contributed by atoms with Crippen LogP contribution in [0.15, 0.2) is 12.7 Å². The number of nitrogens with zero attached hydrogens (tertiary/aromatic N) is 5. The number of hydrogen-bond acceptors (Lipinski definition) is 9. The van der Waals surface area contributed by atoms with Crippen LogP contribution in [0.2, 0.25) is 0 Å². The Morgan fingerprint density at radius 3 is 2.43 bits per heavy atom. The van der Waals surface area contributed by atoms with Gasteiger partial charge in [0.2, 0.25) is 0 Å². The predicted molar refractivity (Wildman–Crippen MR) is 119 cm³/mol. The highest BCUT2D eigenvalue weighted by molar-refractivity contribution is 5.80. The zero-order valence-corrected chi connectivity index (χ0v) is 19.0. The molecule has 2 aromatic heterocycles. The van der Waals surface area contributed by atoms with E-state index in [1.54, 1.807) is 13.4 Å². The molecule has 6 N–H and O–H groups in total. The Bertz CT molecular complexity index is 725. The molecule has 0 bridgehead atoms. The SMILES string of the molecule is CC(C)(O)O.COC(CCn1cnc2c(N)ncnc21)CN(CCCCN)C(C)C. The average Bonchev–Trinajstić information content (AvgIpc) is 3.07. The fraction of sp³-hybridized carbons (Fsp3) is 0.750. The van der Waals surface area contributed by atoms with E-state index in [1.165, 1.54) is 20.2 Å². The van der Waals surface area contributed by atoms with Gasteiger partial charge in [-0.05, 0) is 60.0 Å². The normalized spacial score (nSPS) is 13.0. The number of aromatic nitrogens is 4. The first-order valence-corrected chi connectivity index (χ1v) is 10.4. The Morgan fingerprint density at radius 1 is 1.20 bits per heavy atom. The van der Waals surface area contributed by atoms with E-state index in [-0.39, 0.29) is 6.10 Å². The van der Waals surface area contributed by atoms with E-state index in [0.717, 1.165) is 51.1 Å². The van der Waals surface area contributed by atoms with Crippen molar-refractivity contribution < 1.29 is 14.9 Å². The van der Waals surface area contributed by atoms with Crippen molar-refractivity contribution in [2.75, 3.05) is 32.5 Å². The van der Waals surface area contributed by atoms with Gasteiger partial charge in [-0.15, -0.1) is 0 Å². The number of fused-ring (bicyclic) bond motifs is 1. The van der Waals surface area contributed by atoms with E-state index in [0.29, 0.717) is 17.4 Å². The van der Waals surface area contributed by atoms with Crippen molar-refractivity contribution in [3.8, 4) is 0 Å². The molecule has 0 radical (unpaired) electrons. The van der Waals surface area contributed by atoms with Gasteiger partial charge in [0.05, 0.1) is 12.4 Å². The highest BCUT2D eigenvalue weighted by Crippen LogP contribution is 2.15. The second-order valence-electron chi connectivity index (χ2n) is 8.09. The number of aryl methyl sites for hydroxylation is 1. The van der Waals surface area contributed by atoms with E-state index in [9.17, 15) is 0 Å². The second-order valence-corrected chi connectivity index (χ2v) is 8.09. The molecular weight excluding hydrogens is 386 g/mol. The van der Waals surface area contributed by atoms with Gasteiger partial charge < -0.3 is 31.0 Å². The maximum absolute atomic E-state index is 8.08. The third-order valence-electron chi connectivity index (χ3n) is 4.52. The van der Waals surface area contributed by atoms with E-state index in [1.807, 2.05) is 4.57 Å². The van der Waals surface area contributed by atoms with Crippen LogP contribution in [0.5, 0.6) is 0 Å². The summed E-state index contributed by atoms with van der Waals surface area (Å²) in [6.07, 6.45) is 6.45. The summed E-state index contributed by atoms with van der Waals surface area (Å²) in [7, 11) is 1.77. The van der Waals surface area contributed by atoms with Crippen LogP contribution >= 0.6 is 0 Å². The summed E-state index contributed by atoms with van der Waals surface area (Å²) in [5.74, 6) is -1.09. The van der Waals surface area contributed by atoms with E-state index in [4.69, 9.17) is 26.4 Å². The molecule has 30 heavy (non-hydrogen) atoms. The van der Waals surface area contributed by atoms with Crippen LogP contribution in [0.25, 0.3) is 11.2 Å². The topological polar surface area (TPSA) is 149 Å². The van der Waals surface area contributed by atoms with E-state index >= 15 is 0 Å². The minimum Gasteiger partial charge on any atom is -0.382 e. The first-order chi connectivity index (χ1) is 14.1. The monoisotopic (exact) mass is 425 g/mol. The Kier molecular flexibility index (Phi) is 11.1. The lowest BCUT2D eigenvalue weighted by Crippen LogP contribution is -2.39. The standard InChI is InChI=1S/C17H31N7O.C3H8O2/c1-13(2)23(8-5-4-7-18)10-14(25-3)6-9-24-12-22-15-16(19)20-11-21-17(15)24;1-3(2,4)5/h11-14H,4-10,18H2,1-3H3,(H2,19,20,21);4-5H,1-2H3. The molecular formula is C20H39N7O3. The number of imidazole rings is 1. The van der Waals surface area contributed by atoms with Crippen LogP contribution in [-0.2, 0) is 11.3 Å². The highest BCUT2D eigenvalue weighted by Gasteiger charge is 2.17. The van der Waals surface area contributed by atoms with Crippen molar-refractivity contribution in [3.63, 3.8) is 0 Å². The van der Waals surface area contributed by atoms with Crippen LogP contribution in [0.1, 0.15) is 47.0 Å². The maximum Gasteiger partial charge on any atom is 0.165 e. The Balaban J connectivity index is 0.000000804. The zero-order valence-electron chi connectivity index (χ0n) is 19.0. The van der Waals surface area contributed by atoms with Gasteiger partial charge in [0.1, 0.15) is 11.8 Å². The van der Waals surface area contributed by atoms with Gasteiger partial charge in [0, 0.05) is 26.2 Å². The van der Waals surface area contributed by atoms with Crippen LogP contribution < -0.4 is 11.5 Å². The lowest BCUT2D eigenvalue weighted by molar-refractivity contribution is -0.127. The number of nitrogen functional groups attached to an aromatic ring is 1. The van der Waals surface area contributed by atoms with Gasteiger partial charge in [-0.2, -0.15) is 0 Å². The number of methoxy groups -OCH3 is 1. The van der Waals surface area contributed by atoms with Crippen molar-refractivity contribution in [1.82, 2.24) is 24.4 Å². The summed E-state index contributed by atoms with van der Waals surface area (Å²) < 4.78 is 7.72. The van der Waals surface area contributed by atoms with Crippen molar-refractivity contribution >= 4 is 17.0 Å². The number of nitrogens with two attached hydrogens (primary N) is 2. The summed E-state index contributed by atoms with van der Waals surface area (Å²) in [6.45, 7) is 10.5. The molecule has 10 nitrogen and oxygen atoms in total. The van der Waals surface area contributed by atoms with Crippen molar-refractivity contribution in [3.05, 3.63) is 12.7 Å². The van der Waals surface area contributed by atoms with Crippen molar-refractivity contribution in [2.24, 2.45) is 5.73 Å². The number of anilines is 1. The van der Waals surface area contributed by atoms with Gasteiger partial charge in [0.25, 0.3) is 0 Å². The molecule has 0 saturated carbocycles. The predicted octanol–water partition coefficient (Wildman–Crippen LogP) is 0.970. The number of ether oxygens (including phenoxy) is 1. The molecule has 0 aliphatic carbocycles. The minimum atomic E-state index is -1.50. The number of unbranched alkanes of at least 4 members (excludes halogenated alkanes) is 1. The van der Waals surface area contributed by atoms with E-state index in [2.05, 4.69) is 33.7 Å². The zero-order chi connectivity index (χ0) is 22.7. The second kappa shape index (κ2) is 12.8. The third kappa shape index (κ3) is 9.77. The first kappa shape index (κ1) is 26.2.